The molecule has 2 N–H and O–H groups in total. The van der Waals surface area contributed by atoms with Crippen LogP contribution >= 0.6 is 22.9 Å². The number of carbonyl (C=O) groups excluding carboxylic acids is 3. The van der Waals surface area contributed by atoms with Crippen molar-refractivity contribution in [2.24, 2.45) is 0 Å². The number of hydrogen-bond acceptors (Lipinski definition) is 5. The van der Waals surface area contributed by atoms with Gasteiger partial charge in [0, 0.05) is 26.7 Å². The van der Waals surface area contributed by atoms with Crippen molar-refractivity contribution in [3.8, 4) is 0 Å². The zero-order chi connectivity index (χ0) is 21.5. The van der Waals surface area contributed by atoms with Crippen molar-refractivity contribution >= 4 is 62.6 Å². The highest BCUT2D eigenvalue weighted by molar-refractivity contribution is 7.20. The van der Waals surface area contributed by atoms with Crippen LogP contribution in [0.1, 0.15) is 10.4 Å². The summed E-state index contributed by atoms with van der Waals surface area (Å²) in [7, 11) is 1.26. The van der Waals surface area contributed by atoms with E-state index in [1.807, 2.05) is 24.3 Å². The van der Waals surface area contributed by atoms with Gasteiger partial charge in [-0.1, -0.05) is 41.9 Å². The molecule has 0 aliphatic carbocycles. The minimum atomic E-state index is -0.508. The first-order valence-electron chi connectivity index (χ1n) is 9.05. The van der Waals surface area contributed by atoms with Crippen LogP contribution in [0.15, 0.2) is 54.6 Å². The maximum atomic E-state index is 12.2. The first kappa shape index (κ1) is 21.5. The molecule has 1 heterocycles. The van der Waals surface area contributed by atoms with E-state index < -0.39 is 5.97 Å². The number of methoxy groups -OCH3 is 1. The number of amides is 2. The lowest BCUT2D eigenvalue weighted by Crippen LogP contribution is -2.31. The number of nitrogens with one attached hydrogen (secondary N) is 2. The second kappa shape index (κ2) is 10.0. The molecule has 0 radical (unpaired) electrons. The van der Waals surface area contributed by atoms with E-state index in [4.69, 9.17) is 11.6 Å². The van der Waals surface area contributed by atoms with Crippen molar-refractivity contribution in [1.29, 1.82) is 0 Å². The summed E-state index contributed by atoms with van der Waals surface area (Å²) in [6, 6.07) is 14.7. The highest BCUT2D eigenvalue weighted by Crippen LogP contribution is 2.35. The van der Waals surface area contributed by atoms with E-state index in [9.17, 15) is 14.4 Å². The molecule has 0 bridgehead atoms. The maximum absolute atomic E-state index is 12.2. The Morgan fingerprint density at radius 3 is 2.53 bits per heavy atom. The summed E-state index contributed by atoms with van der Waals surface area (Å²) in [4.78, 5) is 35.9. The monoisotopic (exact) mass is 442 g/mol. The molecular formula is C22H19ClN2O4S. The van der Waals surface area contributed by atoms with Crippen molar-refractivity contribution < 1.29 is 19.1 Å². The van der Waals surface area contributed by atoms with Crippen LogP contribution in [-0.2, 0) is 25.5 Å². The molecule has 0 saturated heterocycles. The third-order valence-electron chi connectivity index (χ3n) is 4.19. The van der Waals surface area contributed by atoms with Gasteiger partial charge in [0.1, 0.15) is 6.54 Å². The van der Waals surface area contributed by atoms with E-state index in [0.29, 0.717) is 10.7 Å². The van der Waals surface area contributed by atoms with Crippen LogP contribution in [0.25, 0.3) is 16.2 Å². The molecule has 2 amide bonds. The molecule has 0 aliphatic rings. The fourth-order valence-electron chi connectivity index (χ4n) is 2.67. The molecule has 1 aromatic heterocycles. The molecule has 0 aliphatic heterocycles. The molecule has 0 unspecified atom stereocenters. The number of hydrogen-bond donors (Lipinski definition) is 2. The van der Waals surface area contributed by atoms with Gasteiger partial charge in [-0.05, 0) is 29.8 Å². The molecule has 154 valence electrons. The fourth-order valence-corrected chi connectivity index (χ4v) is 4.07. The Balaban J connectivity index is 1.55. The number of benzene rings is 2. The number of rotatable bonds is 7. The van der Waals surface area contributed by atoms with E-state index in [1.54, 1.807) is 30.3 Å². The average molecular weight is 443 g/mol. The average Bonchev–Trinajstić information content (AvgIpc) is 3.08. The normalized spacial score (nSPS) is 10.9. The van der Waals surface area contributed by atoms with Crippen LogP contribution in [0, 0.1) is 0 Å². The third-order valence-corrected chi connectivity index (χ3v) is 5.84. The summed E-state index contributed by atoms with van der Waals surface area (Å²) >= 11 is 7.90. The first-order chi connectivity index (χ1) is 14.5. The second-order valence-electron chi connectivity index (χ2n) is 6.33. The number of esters is 1. The van der Waals surface area contributed by atoms with Crippen LogP contribution in [0.3, 0.4) is 0 Å². The number of anilines is 1. The smallest absolute Gasteiger partial charge is 0.325 e. The molecular weight excluding hydrogens is 424 g/mol. The van der Waals surface area contributed by atoms with Crippen LogP contribution < -0.4 is 10.6 Å². The minimum Gasteiger partial charge on any atom is -0.468 e. The molecule has 2 aromatic carbocycles. The van der Waals surface area contributed by atoms with Crippen LogP contribution in [0.2, 0.25) is 5.02 Å². The summed E-state index contributed by atoms with van der Waals surface area (Å²) in [6.07, 6.45) is 3.25. The molecule has 0 saturated carbocycles. The van der Waals surface area contributed by atoms with Gasteiger partial charge in [0.05, 0.1) is 18.6 Å². The summed E-state index contributed by atoms with van der Waals surface area (Å²) < 4.78 is 5.53. The summed E-state index contributed by atoms with van der Waals surface area (Å²) in [5, 5.41) is 6.84. The molecule has 8 heteroatoms. The molecule has 3 aromatic rings. The summed E-state index contributed by atoms with van der Waals surface area (Å²) in [5.41, 5.74) is 1.36. The number of fused-ring (bicyclic) bond motifs is 1. The van der Waals surface area contributed by atoms with Gasteiger partial charge in [0.25, 0.3) is 0 Å². The van der Waals surface area contributed by atoms with Crippen molar-refractivity contribution in [3.63, 3.8) is 0 Å². The predicted molar refractivity (Wildman–Crippen MR) is 120 cm³/mol. The lowest BCUT2D eigenvalue weighted by Gasteiger charge is -2.06. The van der Waals surface area contributed by atoms with Gasteiger partial charge in [-0.3, -0.25) is 14.4 Å². The lowest BCUT2D eigenvalue weighted by molar-refractivity contribution is -0.141. The lowest BCUT2D eigenvalue weighted by atomic mass is 10.1. The van der Waals surface area contributed by atoms with Gasteiger partial charge < -0.3 is 15.4 Å². The van der Waals surface area contributed by atoms with Crippen molar-refractivity contribution in [2.75, 3.05) is 19.0 Å². The molecule has 30 heavy (non-hydrogen) atoms. The number of carbonyl (C=O) groups is 3. The zero-order valence-electron chi connectivity index (χ0n) is 16.1. The van der Waals surface area contributed by atoms with E-state index in [1.165, 1.54) is 24.5 Å². The quantitative estimate of drug-likeness (QED) is 0.427. The number of halogens is 1. The highest BCUT2D eigenvalue weighted by Gasteiger charge is 2.09. The molecule has 6 nitrogen and oxygen atoms in total. The Labute approximate surface area is 182 Å². The fraction of sp³-hybridized carbons (Fsp3) is 0.136. The van der Waals surface area contributed by atoms with Gasteiger partial charge in [0.15, 0.2) is 0 Å². The van der Waals surface area contributed by atoms with E-state index >= 15 is 0 Å². The highest BCUT2D eigenvalue weighted by atomic mass is 35.5. The van der Waals surface area contributed by atoms with E-state index in [0.717, 1.165) is 20.5 Å². The van der Waals surface area contributed by atoms with Crippen molar-refractivity contribution in [3.05, 3.63) is 70.1 Å². The van der Waals surface area contributed by atoms with Gasteiger partial charge >= 0.3 is 5.97 Å². The Bertz CT molecular complexity index is 1110. The molecule has 3 rings (SSSR count). The number of thiophene rings is 1. The largest absolute Gasteiger partial charge is 0.468 e. The van der Waals surface area contributed by atoms with Crippen molar-refractivity contribution in [1.82, 2.24) is 5.32 Å². The standard InChI is InChI=1S/C22H19ClN2O4S/c1-29-21(28)13-24-20(27)12-14-6-8-15(9-7-14)25-19(26)11-10-18-22(23)16-4-2-3-5-17(16)30-18/h2-11H,12-13H2,1H3,(H,24,27)(H,25,26)/b11-10+. The zero-order valence-corrected chi connectivity index (χ0v) is 17.7. The summed E-state index contributed by atoms with van der Waals surface area (Å²) in [5.74, 6) is -1.08. The molecule has 0 atom stereocenters. The first-order valence-corrected chi connectivity index (χ1v) is 10.2. The minimum absolute atomic E-state index is 0.121. The molecule has 0 spiro atoms. The SMILES string of the molecule is COC(=O)CNC(=O)Cc1ccc(NC(=O)/C=C/c2sc3ccccc3c2Cl)cc1. The van der Waals surface area contributed by atoms with Gasteiger partial charge in [0.2, 0.25) is 11.8 Å². The topological polar surface area (TPSA) is 84.5 Å². The second-order valence-corrected chi connectivity index (χ2v) is 7.79. The van der Waals surface area contributed by atoms with Gasteiger partial charge in [-0.25, -0.2) is 0 Å². The van der Waals surface area contributed by atoms with E-state index in [2.05, 4.69) is 15.4 Å². The van der Waals surface area contributed by atoms with Crippen LogP contribution in [-0.4, -0.2) is 31.4 Å². The summed E-state index contributed by atoms with van der Waals surface area (Å²) in [6.45, 7) is -0.167. The van der Waals surface area contributed by atoms with Gasteiger partial charge in [-0.2, -0.15) is 0 Å². The third kappa shape index (κ3) is 5.68. The van der Waals surface area contributed by atoms with E-state index in [-0.39, 0.29) is 24.8 Å². The van der Waals surface area contributed by atoms with Crippen LogP contribution in [0.4, 0.5) is 5.69 Å². The Morgan fingerprint density at radius 1 is 1.10 bits per heavy atom. The molecule has 0 fully saturated rings. The van der Waals surface area contributed by atoms with Crippen LogP contribution in [0.5, 0.6) is 0 Å². The number of ether oxygens (including phenoxy) is 1. The van der Waals surface area contributed by atoms with Gasteiger partial charge in [-0.15, -0.1) is 11.3 Å². The Morgan fingerprint density at radius 2 is 1.83 bits per heavy atom. The van der Waals surface area contributed by atoms with Crippen molar-refractivity contribution in [2.45, 2.75) is 6.42 Å². The Kier molecular flexibility index (Phi) is 7.21. The Hall–Kier alpha value is -3.16. The maximum Gasteiger partial charge on any atom is 0.325 e. The predicted octanol–water partition coefficient (Wildman–Crippen LogP) is 4.04.